The molecule has 19 heavy (non-hydrogen) atoms. The summed E-state index contributed by atoms with van der Waals surface area (Å²) in [6.07, 6.45) is 2.28. The van der Waals surface area contributed by atoms with Crippen LogP contribution < -0.4 is 5.32 Å². The molecule has 0 spiro atoms. The summed E-state index contributed by atoms with van der Waals surface area (Å²) in [5.74, 6) is 1.05. The molecule has 0 amide bonds. The lowest BCUT2D eigenvalue weighted by Crippen LogP contribution is -2.21. The van der Waals surface area contributed by atoms with Crippen LogP contribution in [0.5, 0.6) is 0 Å². The second-order valence-corrected chi connectivity index (χ2v) is 4.64. The van der Waals surface area contributed by atoms with E-state index in [4.69, 9.17) is 4.52 Å². The summed E-state index contributed by atoms with van der Waals surface area (Å²) in [6.45, 7) is 2.11. The van der Waals surface area contributed by atoms with Crippen molar-refractivity contribution >= 4 is 0 Å². The third-order valence-electron chi connectivity index (χ3n) is 3.07. The number of nitrogens with one attached hydrogen (secondary N) is 1. The van der Waals surface area contributed by atoms with Crippen molar-refractivity contribution in [2.45, 2.75) is 32.2 Å². The zero-order valence-corrected chi connectivity index (χ0v) is 11.2. The van der Waals surface area contributed by atoms with E-state index in [9.17, 15) is 4.39 Å². The Morgan fingerprint density at radius 3 is 2.74 bits per heavy atom. The standard InChI is InChI=1S/C14H18FN3O/c1-10(16-2)3-8-14-17-13(18-19-14)9-11-4-6-12(15)7-5-11/h4-7,10,16H,3,8-9H2,1-2H3. The Morgan fingerprint density at radius 2 is 2.05 bits per heavy atom. The van der Waals surface area contributed by atoms with Crippen molar-refractivity contribution in [2.75, 3.05) is 7.05 Å². The molecule has 0 saturated carbocycles. The van der Waals surface area contributed by atoms with Gasteiger partial charge in [0, 0.05) is 18.9 Å². The molecule has 1 aromatic carbocycles. The summed E-state index contributed by atoms with van der Waals surface area (Å²) in [4.78, 5) is 4.33. The Balaban J connectivity index is 1.91. The van der Waals surface area contributed by atoms with E-state index in [0.717, 1.165) is 18.4 Å². The van der Waals surface area contributed by atoms with Gasteiger partial charge in [-0.25, -0.2) is 4.39 Å². The van der Waals surface area contributed by atoms with Crippen LogP contribution in [0.25, 0.3) is 0 Å². The van der Waals surface area contributed by atoms with E-state index < -0.39 is 0 Å². The van der Waals surface area contributed by atoms with Crippen molar-refractivity contribution in [3.05, 3.63) is 47.4 Å². The fourth-order valence-electron chi connectivity index (χ4n) is 1.73. The second-order valence-electron chi connectivity index (χ2n) is 4.64. The molecule has 0 radical (unpaired) electrons. The molecule has 0 saturated heterocycles. The molecule has 0 fully saturated rings. The molecule has 5 heteroatoms. The summed E-state index contributed by atoms with van der Waals surface area (Å²) < 4.78 is 18.0. The third kappa shape index (κ3) is 4.13. The fraction of sp³-hybridized carbons (Fsp3) is 0.429. The van der Waals surface area contributed by atoms with E-state index in [1.54, 1.807) is 12.1 Å². The Bertz CT molecular complexity index is 510. The van der Waals surface area contributed by atoms with Crippen molar-refractivity contribution in [1.29, 1.82) is 0 Å². The van der Waals surface area contributed by atoms with Crippen LogP contribution in [0.1, 0.15) is 30.6 Å². The van der Waals surface area contributed by atoms with Crippen molar-refractivity contribution in [3.8, 4) is 0 Å². The molecule has 2 rings (SSSR count). The Kier molecular flexibility index (Phi) is 4.63. The van der Waals surface area contributed by atoms with E-state index in [1.165, 1.54) is 12.1 Å². The van der Waals surface area contributed by atoms with E-state index in [1.807, 2.05) is 7.05 Å². The number of hydrogen-bond donors (Lipinski definition) is 1. The molecular formula is C14H18FN3O. The van der Waals surface area contributed by atoms with E-state index in [0.29, 0.717) is 24.2 Å². The third-order valence-corrected chi connectivity index (χ3v) is 3.07. The smallest absolute Gasteiger partial charge is 0.226 e. The molecule has 1 heterocycles. The summed E-state index contributed by atoms with van der Waals surface area (Å²) in [7, 11) is 1.93. The molecule has 1 N–H and O–H groups in total. The van der Waals surface area contributed by atoms with Crippen LogP contribution in [-0.4, -0.2) is 23.2 Å². The maximum absolute atomic E-state index is 12.8. The highest BCUT2D eigenvalue weighted by molar-refractivity contribution is 5.19. The lowest BCUT2D eigenvalue weighted by Gasteiger charge is -2.06. The maximum atomic E-state index is 12.8. The van der Waals surface area contributed by atoms with Gasteiger partial charge in [-0.15, -0.1) is 0 Å². The van der Waals surface area contributed by atoms with Crippen molar-refractivity contribution in [3.63, 3.8) is 0 Å². The number of nitrogens with zero attached hydrogens (tertiary/aromatic N) is 2. The van der Waals surface area contributed by atoms with Crippen LogP contribution in [0, 0.1) is 5.82 Å². The van der Waals surface area contributed by atoms with Gasteiger partial charge in [0.25, 0.3) is 0 Å². The molecule has 1 aromatic heterocycles. The van der Waals surface area contributed by atoms with Gasteiger partial charge >= 0.3 is 0 Å². The summed E-state index contributed by atoms with van der Waals surface area (Å²) in [5, 5.41) is 7.10. The van der Waals surface area contributed by atoms with Crippen molar-refractivity contribution in [2.24, 2.45) is 0 Å². The molecule has 1 atom stereocenters. The first-order chi connectivity index (χ1) is 9.17. The minimum absolute atomic E-state index is 0.237. The zero-order valence-electron chi connectivity index (χ0n) is 11.2. The van der Waals surface area contributed by atoms with Crippen LogP contribution in [0.15, 0.2) is 28.8 Å². The van der Waals surface area contributed by atoms with Crippen molar-refractivity contribution < 1.29 is 8.91 Å². The quantitative estimate of drug-likeness (QED) is 0.869. The monoisotopic (exact) mass is 263 g/mol. The van der Waals surface area contributed by atoms with Crippen LogP contribution >= 0.6 is 0 Å². The minimum Gasteiger partial charge on any atom is -0.339 e. The largest absolute Gasteiger partial charge is 0.339 e. The highest BCUT2D eigenvalue weighted by Gasteiger charge is 2.08. The summed E-state index contributed by atoms with van der Waals surface area (Å²) in [6, 6.07) is 6.76. The summed E-state index contributed by atoms with van der Waals surface area (Å²) >= 11 is 0. The van der Waals surface area contributed by atoms with Gasteiger partial charge in [0.05, 0.1) is 0 Å². The number of rotatable bonds is 6. The highest BCUT2D eigenvalue weighted by Crippen LogP contribution is 2.09. The molecule has 1 unspecified atom stereocenters. The number of aryl methyl sites for hydroxylation is 1. The first-order valence-electron chi connectivity index (χ1n) is 6.40. The number of benzene rings is 1. The first kappa shape index (κ1) is 13.7. The molecule has 4 nitrogen and oxygen atoms in total. The molecule has 0 bridgehead atoms. The van der Waals surface area contributed by atoms with E-state index in [2.05, 4.69) is 22.4 Å². The predicted octanol–water partition coefficient (Wildman–Crippen LogP) is 2.34. The molecule has 0 aliphatic rings. The number of hydrogen-bond acceptors (Lipinski definition) is 4. The van der Waals surface area contributed by atoms with Gasteiger partial charge in [-0.2, -0.15) is 4.98 Å². The normalized spacial score (nSPS) is 12.6. The Hall–Kier alpha value is -1.75. The van der Waals surface area contributed by atoms with Gasteiger partial charge in [0.2, 0.25) is 5.89 Å². The lowest BCUT2D eigenvalue weighted by atomic mass is 10.1. The topological polar surface area (TPSA) is 51.0 Å². The average molecular weight is 263 g/mol. The fourth-order valence-corrected chi connectivity index (χ4v) is 1.73. The maximum Gasteiger partial charge on any atom is 0.226 e. The molecule has 0 aliphatic carbocycles. The van der Waals surface area contributed by atoms with Gasteiger partial charge in [-0.1, -0.05) is 17.3 Å². The number of aromatic nitrogens is 2. The molecular weight excluding hydrogens is 245 g/mol. The summed E-state index contributed by atoms with van der Waals surface area (Å²) in [5.41, 5.74) is 0.970. The molecule has 0 aliphatic heterocycles. The average Bonchev–Trinajstić information content (AvgIpc) is 2.86. The first-order valence-corrected chi connectivity index (χ1v) is 6.40. The number of halogens is 1. The van der Waals surface area contributed by atoms with Crippen LogP contribution in [0.2, 0.25) is 0 Å². The van der Waals surface area contributed by atoms with Crippen molar-refractivity contribution in [1.82, 2.24) is 15.5 Å². The van der Waals surface area contributed by atoms with Crippen LogP contribution in [-0.2, 0) is 12.8 Å². The Labute approximate surface area is 112 Å². The molecule has 2 aromatic rings. The van der Waals surface area contributed by atoms with Crippen LogP contribution in [0.4, 0.5) is 4.39 Å². The Morgan fingerprint density at radius 1 is 1.32 bits per heavy atom. The SMILES string of the molecule is CNC(C)CCc1nc(Cc2ccc(F)cc2)no1. The van der Waals surface area contributed by atoms with Gasteiger partial charge in [-0.3, -0.25) is 0 Å². The van der Waals surface area contributed by atoms with Gasteiger partial charge in [0.1, 0.15) is 5.82 Å². The van der Waals surface area contributed by atoms with Gasteiger partial charge < -0.3 is 9.84 Å². The second kappa shape index (κ2) is 6.43. The lowest BCUT2D eigenvalue weighted by molar-refractivity contribution is 0.365. The predicted molar refractivity (Wildman–Crippen MR) is 70.3 cm³/mol. The minimum atomic E-state index is -0.237. The molecule has 102 valence electrons. The van der Waals surface area contributed by atoms with Crippen LogP contribution in [0.3, 0.4) is 0 Å². The van der Waals surface area contributed by atoms with Gasteiger partial charge in [-0.05, 0) is 38.1 Å². The van der Waals surface area contributed by atoms with E-state index >= 15 is 0 Å². The zero-order chi connectivity index (χ0) is 13.7. The van der Waals surface area contributed by atoms with E-state index in [-0.39, 0.29) is 5.82 Å². The highest BCUT2D eigenvalue weighted by atomic mass is 19.1. The van der Waals surface area contributed by atoms with Gasteiger partial charge in [0.15, 0.2) is 5.82 Å².